The zero-order valence-electron chi connectivity index (χ0n) is 13.5. The molecule has 0 unspecified atom stereocenters. The Hall–Kier alpha value is -1.88. The molecule has 22 heavy (non-hydrogen) atoms. The monoisotopic (exact) mass is 318 g/mol. The Bertz CT molecular complexity index is 620. The van der Waals surface area contributed by atoms with E-state index in [0.717, 1.165) is 22.9 Å². The van der Waals surface area contributed by atoms with Crippen molar-refractivity contribution in [2.75, 3.05) is 20.2 Å². The molecule has 0 aliphatic rings. The topological polar surface area (TPSA) is 42.4 Å². The van der Waals surface area contributed by atoms with E-state index < -0.39 is 0 Å². The molecule has 0 atom stereocenters. The lowest BCUT2D eigenvalue weighted by Gasteiger charge is -2.21. The molecule has 0 saturated carbocycles. The standard InChI is InChI=1S/C17H22N2O2S/c1-5-19(10-12(2)3)17(20)15-11-22-16(18-15)13-6-8-14(21-4)9-7-13/h6-9,11-12H,5,10H2,1-4H3. The summed E-state index contributed by atoms with van der Waals surface area (Å²) in [6.45, 7) is 7.67. The summed E-state index contributed by atoms with van der Waals surface area (Å²) < 4.78 is 5.15. The van der Waals surface area contributed by atoms with Crippen molar-refractivity contribution in [1.82, 2.24) is 9.88 Å². The second kappa shape index (κ2) is 7.40. The lowest BCUT2D eigenvalue weighted by atomic mass is 10.2. The van der Waals surface area contributed by atoms with E-state index in [4.69, 9.17) is 4.74 Å². The predicted octanol–water partition coefficient (Wildman–Crippen LogP) is 3.94. The molecule has 0 bridgehead atoms. The summed E-state index contributed by atoms with van der Waals surface area (Å²) >= 11 is 1.49. The maximum atomic E-state index is 12.5. The first kappa shape index (κ1) is 16.5. The first-order valence-electron chi connectivity index (χ1n) is 7.44. The number of methoxy groups -OCH3 is 1. The van der Waals surface area contributed by atoms with Gasteiger partial charge in [-0.15, -0.1) is 11.3 Å². The van der Waals surface area contributed by atoms with E-state index >= 15 is 0 Å². The minimum atomic E-state index is 0.00668. The van der Waals surface area contributed by atoms with Gasteiger partial charge in [0.25, 0.3) is 5.91 Å². The van der Waals surface area contributed by atoms with Crippen LogP contribution in [0.15, 0.2) is 29.6 Å². The number of nitrogens with zero attached hydrogens (tertiary/aromatic N) is 2. The van der Waals surface area contributed by atoms with E-state index in [9.17, 15) is 4.79 Å². The van der Waals surface area contributed by atoms with Crippen LogP contribution in [0.25, 0.3) is 10.6 Å². The Labute approximate surface area is 135 Å². The van der Waals surface area contributed by atoms with Crippen LogP contribution in [0.5, 0.6) is 5.75 Å². The molecule has 118 valence electrons. The van der Waals surface area contributed by atoms with Crippen molar-refractivity contribution < 1.29 is 9.53 Å². The quantitative estimate of drug-likeness (QED) is 0.810. The fourth-order valence-corrected chi connectivity index (χ4v) is 3.00. The molecule has 0 aliphatic carbocycles. The summed E-state index contributed by atoms with van der Waals surface area (Å²) in [7, 11) is 1.64. The van der Waals surface area contributed by atoms with Gasteiger partial charge in [-0.3, -0.25) is 4.79 Å². The first-order valence-corrected chi connectivity index (χ1v) is 8.32. The third-order valence-corrected chi connectivity index (χ3v) is 4.21. The minimum Gasteiger partial charge on any atom is -0.497 e. The van der Waals surface area contributed by atoms with Crippen LogP contribution < -0.4 is 4.74 Å². The van der Waals surface area contributed by atoms with Crippen molar-refractivity contribution in [3.63, 3.8) is 0 Å². The average molecular weight is 318 g/mol. The molecule has 1 aromatic heterocycles. The van der Waals surface area contributed by atoms with E-state index in [1.165, 1.54) is 11.3 Å². The molecule has 1 aromatic carbocycles. The zero-order valence-corrected chi connectivity index (χ0v) is 14.3. The molecule has 2 aromatic rings. The van der Waals surface area contributed by atoms with Gasteiger partial charge in [0.1, 0.15) is 16.5 Å². The number of hydrogen-bond acceptors (Lipinski definition) is 4. The number of rotatable bonds is 6. The molecule has 0 N–H and O–H groups in total. The summed E-state index contributed by atoms with van der Waals surface area (Å²) in [6, 6.07) is 7.71. The molecule has 0 spiro atoms. The summed E-state index contributed by atoms with van der Waals surface area (Å²) in [5.41, 5.74) is 1.52. The van der Waals surface area contributed by atoms with Crippen LogP contribution in [-0.2, 0) is 0 Å². The number of thiazole rings is 1. The van der Waals surface area contributed by atoms with Gasteiger partial charge in [0.2, 0.25) is 0 Å². The van der Waals surface area contributed by atoms with Crippen LogP contribution in [0.3, 0.4) is 0 Å². The molecule has 1 heterocycles. The first-order chi connectivity index (χ1) is 10.5. The molecular weight excluding hydrogens is 296 g/mol. The maximum Gasteiger partial charge on any atom is 0.273 e. The Morgan fingerprint density at radius 2 is 2.00 bits per heavy atom. The number of carbonyl (C=O) groups is 1. The van der Waals surface area contributed by atoms with Crippen molar-refractivity contribution in [3.8, 4) is 16.3 Å². The van der Waals surface area contributed by atoms with Gasteiger partial charge in [-0.05, 0) is 37.1 Å². The molecule has 1 amide bonds. The van der Waals surface area contributed by atoms with Crippen molar-refractivity contribution in [3.05, 3.63) is 35.3 Å². The van der Waals surface area contributed by atoms with Gasteiger partial charge < -0.3 is 9.64 Å². The number of aromatic nitrogens is 1. The molecule has 0 aliphatic heterocycles. The summed E-state index contributed by atoms with van der Waals surface area (Å²) in [6.07, 6.45) is 0. The highest BCUT2D eigenvalue weighted by molar-refractivity contribution is 7.13. The lowest BCUT2D eigenvalue weighted by Crippen LogP contribution is -2.34. The number of hydrogen-bond donors (Lipinski definition) is 0. The third-order valence-electron chi connectivity index (χ3n) is 3.31. The second-order valence-electron chi connectivity index (χ2n) is 5.50. The van der Waals surface area contributed by atoms with E-state index in [1.807, 2.05) is 41.5 Å². The van der Waals surface area contributed by atoms with Gasteiger partial charge in [0, 0.05) is 24.0 Å². The van der Waals surface area contributed by atoms with Gasteiger partial charge in [0.15, 0.2) is 0 Å². The van der Waals surface area contributed by atoms with E-state index in [1.54, 1.807) is 7.11 Å². The molecule has 0 radical (unpaired) electrons. The molecular formula is C17H22N2O2S. The number of amides is 1. The molecule has 2 rings (SSSR count). The molecule has 5 heteroatoms. The molecule has 0 saturated heterocycles. The highest BCUT2D eigenvalue weighted by atomic mass is 32.1. The lowest BCUT2D eigenvalue weighted by molar-refractivity contribution is 0.0741. The molecule has 4 nitrogen and oxygen atoms in total. The highest BCUT2D eigenvalue weighted by Crippen LogP contribution is 2.26. The van der Waals surface area contributed by atoms with Crippen LogP contribution >= 0.6 is 11.3 Å². The summed E-state index contributed by atoms with van der Waals surface area (Å²) in [5, 5.41) is 2.69. The fraction of sp³-hybridized carbons (Fsp3) is 0.412. The fourth-order valence-electron chi connectivity index (χ4n) is 2.20. The van der Waals surface area contributed by atoms with Gasteiger partial charge in [-0.1, -0.05) is 13.8 Å². The average Bonchev–Trinajstić information content (AvgIpc) is 3.01. The van der Waals surface area contributed by atoms with Crippen molar-refractivity contribution >= 4 is 17.2 Å². The summed E-state index contributed by atoms with van der Waals surface area (Å²) in [4.78, 5) is 18.8. The Morgan fingerprint density at radius 3 is 2.55 bits per heavy atom. The second-order valence-corrected chi connectivity index (χ2v) is 6.36. The van der Waals surface area contributed by atoms with Gasteiger partial charge in [0.05, 0.1) is 7.11 Å². The Morgan fingerprint density at radius 1 is 1.32 bits per heavy atom. The third kappa shape index (κ3) is 3.85. The van der Waals surface area contributed by atoms with Crippen molar-refractivity contribution in [2.24, 2.45) is 5.92 Å². The van der Waals surface area contributed by atoms with Crippen LogP contribution in [0.2, 0.25) is 0 Å². The number of benzene rings is 1. The van der Waals surface area contributed by atoms with Gasteiger partial charge in [-0.25, -0.2) is 4.98 Å². The minimum absolute atomic E-state index is 0.00668. The van der Waals surface area contributed by atoms with Crippen LogP contribution in [0.4, 0.5) is 0 Å². The normalized spacial score (nSPS) is 10.8. The molecule has 0 fully saturated rings. The van der Waals surface area contributed by atoms with Crippen LogP contribution in [-0.4, -0.2) is 36.0 Å². The predicted molar refractivity (Wildman–Crippen MR) is 90.5 cm³/mol. The van der Waals surface area contributed by atoms with Crippen molar-refractivity contribution in [1.29, 1.82) is 0 Å². The Balaban J connectivity index is 2.17. The number of ether oxygens (including phenoxy) is 1. The smallest absolute Gasteiger partial charge is 0.273 e. The van der Waals surface area contributed by atoms with Crippen LogP contribution in [0, 0.1) is 5.92 Å². The summed E-state index contributed by atoms with van der Waals surface area (Å²) in [5.74, 6) is 1.27. The SMILES string of the molecule is CCN(CC(C)C)C(=O)c1csc(-c2ccc(OC)cc2)n1. The van der Waals surface area contributed by atoms with E-state index in [0.29, 0.717) is 18.2 Å². The van der Waals surface area contributed by atoms with Crippen LogP contribution in [0.1, 0.15) is 31.3 Å². The van der Waals surface area contributed by atoms with Gasteiger partial charge in [-0.2, -0.15) is 0 Å². The van der Waals surface area contributed by atoms with Crippen molar-refractivity contribution in [2.45, 2.75) is 20.8 Å². The largest absolute Gasteiger partial charge is 0.497 e. The van der Waals surface area contributed by atoms with E-state index in [2.05, 4.69) is 18.8 Å². The maximum absolute atomic E-state index is 12.5. The highest BCUT2D eigenvalue weighted by Gasteiger charge is 2.18. The zero-order chi connectivity index (χ0) is 16.1. The Kier molecular flexibility index (Phi) is 5.55. The number of carbonyl (C=O) groups excluding carboxylic acids is 1. The van der Waals surface area contributed by atoms with Gasteiger partial charge >= 0.3 is 0 Å². The van der Waals surface area contributed by atoms with E-state index in [-0.39, 0.29) is 5.91 Å².